The molecule has 0 heterocycles. The zero-order valence-electron chi connectivity index (χ0n) is 24.4. The van der Waals surface area contributed by atoms with E-state index in [-0.39, 0.29) is 11.6 Å². The summed E-state index contributed by atoms with van der Waals surface area (Å²) < 4.78 is 28.1. The largest absolute Gasteiger partial charge is 0.207 e. The average molecular weight is 593 g/mol. The quantitative estimate of drug-likeness (QED) is 0.191. The molecule has 0 aliphatic heterocycles. The molecule has 2 nitrogen and oxygen atoms in total. The van der Waals surface area contributed by atoms with Gasteiger partial charge < -0.3 is 0 Å². The number of benzene rings is 8. The third-order valence-electron chi connectivity index (χ3n) is 8.86. The summed E-state index contributed by atoms with van der Waals surface area (Å²) in [4.78, 5) is 0. The monoisotopic (exact) mass is 592 g/mol. The minimum absolute atomic E-state index is 0.301. The predicted octanol–water partition coefficient (Wildman–Crippen LogP) is 11.3. The summed E-state index contributed by atoms with van der Waals surface area (Å²) in [5.41, 5.74) is 8.79. The van der Waals surface area contributed by atoms with E-state index in [1.807, 2.05) is 48.5 Å². The summed E-state index contributed by atoms with van der Waals surface area (Å²) in [6, 6.07) is 45.5. The fourth-order valence-electron chi connectivity index (χ4n) is 6.66. The molecule has 0 unspecified atom stereocenters. The topological polar surface area (TPSA) is 47.6 Å². The SMILES string of the molecule is N#Cc1ccc(-c2cc(-c3ccc(F)cc3)c3ccc4c(-c5ccc(C#N)cc5)cc(-c5ccc(F)cc5)c5ccc2c3c54)cc1. The highest BCUT2D eigenvalue weighted by atomic mass is 19.1. The molecule has 0 saturated carbocycles. The Labute approximate surface area is 264 Å². The first kappa shape index (κ1) is 27.2. The highest BCUT2D eigenvalue weighted by Crippen LogP contribution is 2.48. The molecule has 8 rings (SSSR count). The van der Waals surface area contributed by atoms with Crippen molar-refractivity contribution in [1.29, 1.82) is 10.5 Å². The molecule has 8 aromatic carbocycles. The summed E-state index contributed by atoms with van der Waals surface area (Å²) in [6.07, 6.45) is 0. The van der Waals surface area contributed by atoms with E-state index in [0.29, 0.717) is 11.1 Å². The van der Waals surface area contributed by atoms with Crippen LogP contribution in [0, 0.1) is 34.3 Å². The smallest absolute Gasteiger partial charge is 0.123 e. The highest BCUT2D eigenvalue weighted by Gasteiger charge is 2.21. The first-order valence-corrected chi connectivity index (χ1v) is 14.8. The van der Waals surface area contributed by atoms with Crippen molar-refractivity contribution in [3.05, 3.63) is 156 Å². The molecule has 0 spiro atoms. The van der Waals surface area contributed by atoms with E-state index >= 15 is 0 Å². The van der Waals surface area contributed by atoms with Gasteiger partial charge in [0.05, 0.1) is 23.3 Å². The van der Waals surface area contributed by atoms with Crippen LogP contribution in [0.1, 0.15) is 11.1 Å². The molecule has 0 aliphatic carbocycles. The zero-order valence-corrected chi connectivity index (χ0v) is 24.4. The lowest BCUT2D eigenvalue weighted by Crippen LogP contribution is -1.94. The van der Waals surface area contributed by atoms with Crippen LogP contribution in [0.4, 0.5) is 8.78 Å². The Morgan fingerprint density at radius 3 is 0.870 bits per heavy atom. The normalized spacial score (nSPS) is 11.2. The molecule has 0 amide bonds. The third-order valence-corrected chi connectivity index (χ3v) is 8.86. The Morgan fingerprint density at radius 1 is 0.348 bits per heavy atom. The zero-order chi connectivity index (χ0) is 31.4. The van der Waals surface area contributed by atoms with Gasteiger partial charge >= 0.3 is 0 Å². The van der Waals surface area contributed by atoms with Crippen molar-refractivity contribution in [3.8, 4) is 56.6 Å². The molecule has 8 aromatic rings. The first-order valence-electron chi connectivity index (χ1n) is 14.8. The van der Waals surface area contributed by atoms with E-state index in [1.54, 1.807) is 24.3 Å². The van der Waals surface area contributed by atoms with Crippen LogP contribution in [0.15, 0.2) is 133 Å². The minimum Gasteiger partial charge on any atom is -0.207 e. The molecular weight excluding hydrogens is 570 g/mol. The summed E-state index contributed by atoms with van der Waals surface area (Å²) in [7, 11) is 0. The van der Waals surface area contributed by atoms with Gasteiger partial charge in [0.1, 0.15) is 11.6 Å². The van der Waals surface area contributed by atoms with Crippen LogP contribution < -0.4 is 0 Å². The second-order valence-corrected chi connectivity index (χ2v) is 11.4. The third kappa shape index (κ3) is 4.36. The fourth-order valence-corrected chi connectivity index (χ4v) is 6.66. The van der Waals surface area contributed by atoms with E-state index in [0.717, 1.165) is 76.8 Å². The van der Waals surface area contributed by atoms with E-state index < -0.39 is 0 Å². The van der Waals surface area contributed by atoms with E-state index in [1.165, 1.54) is 24.3 Å². The molecule has 0 N–H and O–H groups in total. The van der Waals surface area contributed by atoms with Crippen LogP contribution in [0.2, 0.25) is 0 Å². The predicted molar refractivity (Wildman–Crippen MR) is 181 cm³/mol. The van der Waals surface area contributed by atoms with Gasteiger partial charge in [-0.15, -0.1) is 0 Å². The van der Waals surface area contributed by atoms with Crippen molar-refractivity contribution in [3.63, 3.8) is 0 Å². The number of hydrogen-bond acceptors (Lipinski definition) is 2. The van der Waals surface area contributed by atoms with Gasteiger partial charge in [-0.1, -0.05) is 72.8 Å². The molecule has 0 aromatic heterocycles. The lowest BCUT2D eigenvalue weighted by molar-refractivity contribution is 0.627. The molecule has 4 heteroatoms. The summed E-state index contributed by atoms with van der Waals surface area (Å²) in [6.45, 7) is 0. The molecule has 0 bridgehead atoms. The minimum atomic E-state index is -0.301. The summed E-state index contributed by atoms with van der Waals surface area (Å²) in [5, 5.41) is 25.2. The molecule has 0 atom stereocenters. The Bertz CT molecular complexity index is 2340. The van der Waals surface area contributed by atoms with Gasteiger partial charge in [0.15, 0.2) is 0 Å². The second kappa shape index (κ2) is 10.7. The number of rotatable bonds is 4. The summed E-state index contributed by atoms with van der Waals surface area (Å²) >= 11 is 0. The Hall–Kier alpha value is -6.36. The number of nitrogens with zero attached hydrogens (tertiary/aromatic N) is 2. The lowest BCUT2D eigenvalue weighted by Gasteiger charge is -2.21. The molecule has 0 saturated heterocycles. The molecule has 0 aliphatic rings. The van der Waals surface area contributed by atoms with E-state index in [9.17, 15) is 19.3 Å². The maximum atomic E-state index is 14.1. The fraction of sp³-hybridized carbons (Fsp3) is 0. The van der Waals surface area contributed by atoms with Crippen LogP contribution in [0.5, 0.6) is 0 Å². The molecule has 46 heavy (non-hydrogen) atoms. The maximum absolute atomic E-state index is 14.1. The van der Waals surface area contributed by atoms with Crippen molar-refractivity contribution in [2.24, 2.45) is 0 Å². The molecule has 214 valence electrons. The number of halogens is 2. The van der Waals surface area contributed by atoms with Gasteiger partial charge in [-0.2, -0.15) is 10.5 Å². The first-order chi connectivity index (χ1) is 22.5. The molecule has 0 fully saturated rings. The van der Waals surface area contributed by atoms with Crippen molar-refractivity contribution < 1.29 is 8.78 Å². The highest BCUT2D eigenvalue weighted by molar-refractivity contribution is 6.31. The average Bonchev–Trinajstić information content (AvgIpc) is 3.11. The van der Waals surface area contributed by atoms with Gasteiger partial charge in [-0.25, -0.2) is 8.78 Å². The Balaban J connectivity index is 1.54. The van der Waals surface area contributed by atoms with Crippen LogP contribution in [-0.4, -0.2) is 0 Å². The number of hydrogen-bond donors (Lipinski definition) is 0. The van der Waals surface area contributed by atoms with Gasteiger partial charge in [-0.3, -0.25) is 0 Å². The van der Waals surface area contributed by atoms with Gasteiger partial charge in [0, 0.05) is 0 Å². The Kier molecular flexibility index (Phi) is 6.31. The van der Waals surface area contributed by atoms with Gasteiger partial charge in [0.2, 0.25) is 0 Å². The molecular formula is C42H22F2N2. The Morgan fingerprint density at radius 2 is 0.609 bits per heavy atom. The van der Waals surface area contributed by atoms with Crippen molar-refractivity contribution in [1.82, 2.24) is 0 Å². The van der Waals surface area contributed by atoms with Crippen molar-refractivity contribution in [2.75, 3.05) is 0 Å². The summed E-state index contributed by atoms with van der Waals surface area (Å²) in [5.74, 6) is -0.602. The standard InChI is InChI=1S/C42H22F2N2/c43-31-13-9-29(10-14-31)39-21-37(27-5-1-25(23-45)2-6-27)33-17-19-36-40(30-11-15-32(44)16-12-30)22-38(28-7-3-26(24-46)4-8-28)34-18-20-35(39)41(33)42(34)36/h1-22H. The van der Waals surface area contributed by atoms with Crippen LogP contribution in [0.3, 0.4) is 0 Å². The van der Waals surface area contributed by atoms with Crippen molar-refractivity contribution >= 4 is 32.3 Å². The molecule has 0 radical (unpaired) electrons. The van der Waals surface area contributed by atoms with Gasteiger partial charge in [-0.05, 0) is 137 Å². The van der Waals surface area contributed by atoms with E-state index in [4.69, 9.17) is 0 Å². The maximum Gasteiger partial charge on any atom is 0.123 e. The van der Waals surface area contributed by atoms with Crippen LogP contribution in [0.25, 0.3) is 76.8 Å². The van der Waals surface area contributed by atoms with Gasteiger partial charge in [0.25, 0.3) is 0 Å². The van der Waals surface area contributed by atoms with Crippen LogP contribution >= 0.6 is 0 Å². The number of nitriles is 2. The lowest BCUT2D eigenvalue weighted by atomic mass is 9.82. The second-order valence-electron chi connectivity index (χ2n) is 11.4. The van der Waals surface area contributed by atoms with Crippen LogP contribution in [-0.2, 0) is 0 Å². The van der Waals surface area contributed by atoms with E-state index in [2.05, 4.69) is 48.5 Å². The van der Waals surface area contributed by atoms with Crippen molar-refractivity contribution in [2.45, 2.75) is 0 Å².